The lowest BCUT2D eigenvalue weighted by molar-refractivity contribution is -0.126. The minimum atomic E-state index is -0.667. The molecule has 23 heavy (non-hydrogen) atoms. The molecule has 1 N–H and O–H groups in total. The average Bonchev–Trinajstić information content (AvgIpc) is 3.08. The highest BCUT2D eigenvalue weighted by Crippen LogP contribution is 2.25. The van der Waals surface area contributed by atoms with Gasteiger partial charge in [0.05, 0.1) is 12.2 Å². The van der Waals surface area contributed by atoms with E-state index in [1.165, 1.54) is 6.07 Å². The Labute approximate surface area is 138 Å². The molecule has 1 atom stereocenters. The van der Waals surface area contributed by atoms with Crippen molar-refractivity contribution < 1.29 is 9.18 Å². The number of imidazole rings is 1. The number of benzene rings is 1. The molecule has 5 nitrogen and oxygen atoms in total. The molecule has 0 radical (unpaired) electrons. The summed E-state index contributed by atoms with van der Waals surface area (Å²) < 4.78 is 16.1. The van der Waals surface area contributed by atoms with E-state index in [0.29, 0.717) is 12.1 Å². The maximum atomic E-state index is 14.0. The lowest BCUT2D eigenvalue weighted by atomic mass is 10.0. The fraction of sp³-hybridized carbons (Fsp3) is 0.375. The molecule has 0 fully saturated rings. The number of rotatable bonds is 5. The van der Waals surface area contributed by atoms with Gasteiger partial charge in [0.25, 0.3) is 0 Å². The molecular formula is C16H19FN4OS. The number of nitrogens with zero attached hydrogens (tertiary/aromatic N) is 3. The molecule has 0 spiro atoms. The Morgan fingerprint density at radius 1 is 1.48 bits per heavy atom. The summed E-state index contributed by atoms with van der Waals surface area (Å²) in [5, 5.41) is 3.86. The second-order valence-electron chi connectivity index (χ2n) is 5.66. The Kier molecular flexibility index (Phi) is 4.68. The quantitative estimate of drug-likeness (QED) is 0.909. The second kappa shape index (κ2) is 6.72. The Morgan fingerprint density at radius 2 is 2.26 bits per heavy atom. The van der Waals surface area contributed by atoms with Crippen LogP contribution in [0.3, 0.4) is 0 Å². The number of halogens is 1. The molecule has 2 heterocycles. The van der Waals surface area contributed by atoms with Crippen LogP contribution in [0.5, 0.6) is 0 Å². The van der Waals surface area contributed by atoms with E-state index in [1.807, 2.05) is 6.20 Å². The number of aromatic nitrogens is 2. The summed E-state index contributed by atoms with van der Waals surface area (Å²) in [6.07, 6.45) is 1.96. The largest absolute Gasteiger partial charge is 0.349 e. The van der Waals surface area contributed by atoms with Gasteiger partial charge in [0, 0.05) is 24.1 Å². The van der Waals surface area contributed by atoms with Crippen LogP contribution < -0.4 is 5.32 Å². The van der Waals surface area contributed by atoms with Gasteiger partial charge in [0.15, 0.2) is 5.16 Å². The van der Waals surface area contributed by atoms with Gasteiger partial charge in [-0.2, -0.15) is 0 Å². The first kappa shape index (κ1) is 16.0. The topological polar surface area (TPSA) is 50.2 Å². The van der Waals surface area contributed by atoms with Gasteiger partial charge >= 0.3 is 0 Å². The van der Waals surface area contributed by atoms with Crippen LogP contribution in [0.25, 0.3) is 0 Å². The van der Waals surface area contributed by atoms with E-state index in [9.17, 15) is 9.18 Å². The van der Waals surface area contributed by atoms with Gasteiger partial charge < -0.3 is 9.88 Å². The van der Waals surface area contributed by atoms with E-state index < -0.39 is 6.04 Å². The highest BCUT2D eigenvalue weighted by molar-refractivity contribution is 7.99. The molecule has 0 bridgehead atoms. The van der Waals surface area contributed by atoms with Gasteiger partial charge in [0.1, 0.15) is 11.9 Å². The van der Waals surface area contributed by atoms with E-state index >= 15 is 0 Å². The predicted molar refractivity (Wildman–Crippen MR) is 87.6 cm³/mol. The Hall–Kier alpha value is -1.86. The number of likely N-dealkylation sites (N-methyl/N-ethyl adjacent to an activating group) is 1. The van der Waals surface area contributed by atoms with Crippen LogP contribution in [-0.2, 0) is 17.9 Å². The van der Waals surface area contributed by atoms with Gasteiger partial charge in [-0.15, -0.1) is 0 Å². The monoisotopic (exact) mass is 334 g/mol. The van der Waals surface area contributed by atoms with Crippen molar-refractivity contribution in [2.24, 2.45) is 0 Å². The first-order valence-electron chi connectivity index (χ1n) is 7.43. The zero-order valence-electron chi connectivity index (χ0n) is 13.1. The predicted octanol–water partition coefficient (Wildman–Crippen LogP) is 2.05. The van der Waals surface area contributed by atoms with Crippen molar-refractivity contribution in [2.45, 2.75) is 24.3 Å². The third kappa shape index (κ3) is 3.40. The molecule has 1 amide bonds. The Morgan fingerprint density at radius 3 is 2.96 bits per heavy atom. The Bertz CT molecular complexity index is 694. The molecule has 3 rings (SSSR count). The molecule has 122 valence electrons. The first-order valence-corrected chi connectivity index (χ1v) is 8.42. The summed E-state index contributed by atoms with van der Waals surface area (Å²) in [4.78, 5) is 18.7. The summed E-state index contributed by atoms with van der Waals surface area (Å²) in [5.74, 6) is 0.435. The third-order valence-electron chi connectivity index (χ3n) is 3.76. The smallest absolute Gasteiger partial charge is 0.242 e. The number of hydrogen-bond donors (Lipinski definition) is 1. The lowest BCUT2D eigenvalue weighted by Gasteiger charge is -2.24. The van der Waals surface area contributed by atoms with Crippen LogP contribution in [0.2, 0.25) is 0 Å². The molecular weight excluding hydrogens is 315 g/mol. The highest BCUT2D eigenvalue weighted by Gasteiger charge is 2.25. The van der Waals surface area contributed by atoms with Crippen LogP contribution >= 0.6 is 11.8 Å². The van der Waals surface area contributed by atoms with Gasteiger partial charge in [-0.25, -0.2) is 9.37 Å². The minimum Gasteiger partial charge on any atom is -0.349 e. The maximum absolute atomic E-state index is 14.0. The molecule has 0 aliphatic carbocycles. The number of carbonyl (C=O) groups excluding carboxylic acids is 1. The summed E-state index contributed by atoms with van der Waals surface area (Å²) in [5.41, 5.74) is 1.20. The van der Waals surface area contributed by atoms with Crippen LogP contribution in [0.15, 0.2) is 35.6 Å². The fourth-order valence-electron chi connectivity index (χ4n) is 2.67. The molecule has 1 aliphatic rings. The molecule has 0 unspecified atom stereocenters. The van der Waals surface area contributed by atoms with E-state index in [1.54, 1.807) is 49.0 Å². The summed E-state index contributed by atoms with van der Waals surface area (Å²) in [7, 11) is 3.52. The zero-order valence-corrected chi connectivity index (χ0v) is 13.9. The van der Waals surface area contributed by atoms with Crippen molar-refractivity contribution in [1.82, 2.24) is 19.8 Å². The van der Waals surface area contributed by atoms with Crippen LogP contribution in [0.4, 0.5) is 4.39 Å². The minimum absolute atomic E-state index is 0.235. The number of fused-ring (bicyclic) bond motifs is 1. The Balaban J connectivity index is 1.70. The van der Waals surface area contributed by atoms with Gasteiger partial charge in [-0.1, -0.05) is 30.0 Å². The number of carbonyl (C=O) groups is 1. The van der Waals surface area contributed by atoms with Crippen LogP contribution in [0.1, 0.15) is 17.3 Å². The number of aryl methyl sites for hydroxylation is 1. The van der Waals surface area contributed by atoms with Crippen molar-refractivity contribution in [1.29, 1.82) is 0 Å². The van der Waals surface area contributed by atoms with Crippen LogP contribution in [-0.4, -0.2) is 40.2 Å². The van der Waals surface area contributed by atoms with E-state index in [0.717, 1.165) is 23.1 Å². The fourth-order valence-corrected chi connectivity index (χ4v) is 3.63. The molecule has 1 aliphatic heterocycles. The van der Waals surface area contributed by atoms with Crippen molar-refractivity contribution >= 4 is 17.7 Å². The second-order valence-corrected chi connectivity index (χ2v) is 6.72. The number of hydrogen-bond acceptors (Lipinski definition) is 4. The van der Waals surface area contributed by atoms with Gasteiger partial charge in [-0.05, 0) is 20.2 Å². The lowest BCUT2D eigenvalue weighted by Crippen LogP contribution is -2.37. The number of thioether (sulfide) groups is 1. The van der Waals surface area contributed by atoms with Gasteiger partial charge in [-0.3, -0.25) is 9.69 Å². The van der Waals surface area contributed by atoms with Crippen molar-refractivity contribution in [2.75, 3.05) is 19.8 Å². The number of amides is 1. The van der Waals surface area contributed by atoms with Crippen LogP contribution in [0, 0.1) is 5.82 Å². The van der Waals surface area contributed by atoms with Gasteiger partial charge in [0.2, 0.25) is 5.91 Å². The third-order valence-corrected chi connectivity index (χ3v) is 4.73. The SMILES string of the molecule is CN(C)[C@@H](C(=O)NCc1cn2c(n1)SCC2)c1ccccc1F. The summed E-state index contributed by atoms with van der Waals surface area (Å²) in [6.45, 7) is 1.30. The van der Waals surface area contributed by atoms with E-state index in [4.69, 9.17) is 0 Å². The average molecular weight is 334 g/mol. The van der Waals surface area contributed by atoms with Crippen molar-refractivity contribution in [3.63, 3.8) is 0 Å². The summed E-state index contributed by atoms with van der Waals surface area (Å²) in [6, 6.07) is 5.70. The molecule has 0 saturated carbocycles. The van der Waals surface area contributed by atoms with Crippen molar-refractivity contribution in [3.8, 4) is 0 Å². The standard InChI is InChI=1S/C16H19FN4OS/c1-20(2)14(12-5-3-4-6-13(12)17)15(22)18-9-11-10-21-7-8-23-16(21)19-11/h3-6,10,14H,7-9H2,1-2H3,(H,18,22)/t14-/m1/s1. The van der Waals surface area contributed by atoms with E-state index in [2.05, 4.69) is 14.9 Å². The summed E-state index contributed by atoms with van der Waals surface area (Å²) >= 11 is 1.71. The first-order chi connectivity index (χ1) is 11.1. The molecule has 2 aromatic rings. The molecule has 1 aromatic carbocycles. The van der Waals surface area contributed by atoms with Crippen molar-refractivity contribution in [3.05, 3.63) is 47.5 Å². The highest BCUT2D eigenvalue weighted by atomic mass is 32.2. The molecule has 1 aromatic heterocycles. The van der Waals surface area contributed by atoms with E-state index in [-0.39, 0.29) is 11.7 Å². The normalized spacial score (nSPS) is 14.8. The molecule has 0 saturated heterocycles. The molecule has 7 heteroatoms. The zero-order chi connectivity index (χ0) is 16.4. The number of nitrogens with one attached hydrogen (secondary N) is 1. The maximum Gasteiger partial charge on any atom is 0.242 e.